The topological polar surface area (TPSA) is 74.7 Å². The number of aromatic nitrogens is 1. The van der Waals surface area contributed by atoms with Gasteiger partial charge in [0, 0.05) is 35.8 Å². The van der Waals surface area contributed by atoms with Crippen LogP contribution in [0, 0.1) is 6.92 Å². The molecule has 0 saturated carbocycles. The second kappa shape index (κ2) is 9.46. The van der Waals surface area contributed by atoms with Gasteiger partial charge in [0.25, 0.3) is 11.8 Å². The smallest absolute Gasteiger partial charge is 0.270 e. The maximum atomic E-state index is 13.4. The normalized spacial score (nSPS) is 17.9. The molecule has 1 N–H and O–H groups in total. The van der Waals surface area contributed by atoms with E-state index in [1.165, 1.54) is 4.90 Å². The number of nitrogens with one attached hydrogen (secondary N) is 1. The molecule has 0 spiro atoms. The van der Waals surface area contributed by atoms with E-state index in [1.54, 1.807) is 12.1 Å². The Morgan fingerprint density at radius 3 is 2.60 bits per heavy atom. The first kappa shape index (κ1) is 23.0. The summed E-state index contributed by atoms with van der Waals surface area (Å²) in [6, 6.07) is 15.1. The number of carbonyl (C=O) groups is 3. The minimum atomic E-state index is -0.537. The van der Waals surface area contributed by atoms with Gasteiger partial charge in [-0.15, -0.1) is 0 Å². The largest absolute Gasteiger partial charge is 0.341 e. The summed E-state index contributed by atoms with van der Waals surface area (Å²) >= 11 is 5.31. The molecule has 2 saturated heterocycles. The van der Waals surface area contributed by atoms with Crippen LogP contribution in [0.2, 0.25) is 0 Å². The second-order valence-electron chi connectivity index (χ2n) is 8.97. The molecule has 0 bridgehead atoms. The predicted octanol–water partition coefficient (Wildman–Crippen LogP) is 3.79. The Hall–Kier alpha value is -3.78. The van der Waals surface area contributed by atoms with Crippen molar-refractivity contribution in [1.29, 1.82) is 0 Å². The van der Waals surface area contributed by atoms with Crippen LogP contribution < -0.4 is 10.2 Å². The molecule has 2 aliphatic heterocycles. The van der Waals surface area contributed by atoms with E-state index >= 15 is 0 Å². The number of para-hydroxylation sites is 1. The minimum Gasteiger partial charge on any atom is -0.341 e. The van der Waals surface area contributed by atoms with Crippen LogP contribution in [-0.2, 0) is 20.9 Å². The Morgan fingerprint density at radius 1 is 1.06 bits per heavy atom. The van der Waals surface area contributed by atoms with Crippen LogP contribution in [0.15, 0.2) is 60.3 Å². The monoisotopic (exact) mass is 486 g/mol. The van der Waals surface area contributed by atoms with Gasteiger partial charge in [0.05, 0.1) is 5.69 Å². The molecule has 2 fully saturated rings. The van der Waals surface area contributed by atoms with E-state index in [4.69, 9.17) is 12.2 Å². The number of amides is 3. The molecule has 35 heavy (non-hydrogen) atoms. The first-order chi connectivity index (χ1) is 16.9. The number of carbonyl (C=O) groups excluding carboxylic acids is 3. The van der Waals surface area contributed by atoms with Crippen LogP contribution in [0.1, 0.15) is 30.4 Å². The number of hydrogen-bond donors (Lipinski definition) is 1. The van der Waals surface area contributed by atoms with Crippen LogP contribution >= 0.6 is 12.2 Å². The molecule has 3 heterocycles. The van der Waals surface area contributed by atoms with Gasteiger partial charge in [-0.2, -0.15) is 0 Å². The Bertz CT molecular complexity index is 1380. The van der Waals surface area contributed by atoms with E-state index < -0.39 is 11.8 Å². The fourth-order valence-electron chi connectivity index (χ4n) is 4.72. The van der Waals surface area contributed by atoms with Crippen molar-refractivity contribution in [3.05, 3.63) is 71.4 Å². The molecule has 2 aliphatic rings. The van der Waals surface area contributed by atoms with E-state index in [0.717, 1.165) is 48.8 Å². The molecule has 0 radical (unpaired) electrons. The zero-order chi connectivity index (χ0) is 24.5. The summed E-state index contributed by atoms with van der Waals surface area (Å²) in [5.41, 5.74) is 3.13. The molecule has 3 amide bonds. The average Bonchev–Trinajstić information content (AvgIpc) is 3.19. The molecule has 7 nitrogen and oxygen atoms in total. The van der Waals surface area contributed by atoms with Crippen LogP contribution in [0.4, 0.5) is 5.69 Å². The lowest BCUT2D eigenvalue weighted by Gasteiger charge is -2.29. The van der Waals surface area contributed by atoms with Gasteiger partial charge in [-0.25, -0.2) is 0 Å². The highest BCUT2D eigenvalue weighted by atomic mass is 32.1. The van der Waals surface area contributed by atoms with Gasteiger partial charge >= 0.3 is 0 Å². The second-order valence-corrected chi connectivity index (χ2v) is 9.35. The highest BCUT2D eigenvalue weighted by molar-refractivity contribution is 7.80. The van der Waals surface area contributed by atoms with E-state index in [0.29, 0.717) is 11.3 Å². The molecule has 178 valence electrons. The van der Waals surface area contributed by atoms with Crippen molar-refractivity contribution < 1.29 is 14.4 Å². The summed E-state index contributed by atoms with van der Waals surface area (Å²) in [4.78, 5) is 42.4. The molecule has 2 aromatic carbocycles. The van der Waals surface area contributed by atoms with Gasteiger partial charge in [-0.05, 0) is 68.2 Å². The minimum absolute atomic E-state index is 0.00892. The summed E-state index contributed by atoms with van der Waals surface area (Å²) in [6.07, 6.45) is 6.65. The maximum Gasteiger partial charge on any atom is 0.270 e. The fourth-order valence-corrected chi connectivity index (χ4v) is 5.01. The first-order valence-electron chi connectivity index (χ1n) is 11.8. The number of hydrogen-bond acceptors (Lipinski definition) is 4. The molecule has 5 rings (SSSR count). The molecule has 0 aliphatic carbocycles. The molecule has 8 heteroatoms. The maximum absolute atomic E-state index is 13.4. The summed E-state index contributed by atoms with van der Waals surface area (Å²) in [6.45, 7) is 3.72. The van der Waals surface area contributed by atoms with E-state index in [2.05, 4.69) is 5.32 Å². The van der Waals surface area contributed by atoms with Gasteiger partial charge in [0.1, 0.15) is 12.1 Å². The number of nitrogens with zero attached hydrogens (tertiary/aromatic N) is 3. The molecule has 0 unspecified atom stereocenters. The third-order valence-corrected chi connectivity index (χ3v) is 6.78. The number of anilines is 1. The molecule has 0 atom stereocenters. The van der Waals surface area contributed by atoms with E-state index in [1.807, 2.05) is 65.1 Å². The fraction of sp³-hybridized carbons (Fsp3) is 0.259. The lowest BCUT2D eigenvalue weighted by Crippen LogP contribution is -2.54. The summed E-state index contributed by atoms with van der Waals surface area (Å²) in [7, 11) is 0. The van der Waals surface area contributed by atoms with Crippen LogP contribution in [0.25, 0.3) is 17.0 Å². The molecular weight excluding hydrogens is 460 g/mol. The van der Waals surface area contributed by atoms with Gasteiger partial charge < -0.3 is 9.47 Å². The molecule has 3 aromatic rings. The summed E-state index contributed by atoms with van der Waals surface area (Å²) in [5, 5.41) is 3.56. The third kappa shape index (κ3) is 4.49. The zero-order valence-electron chi connectivity index (χ0n) is 19.5. The summed E-state index contributed by atoms with van der Waals surface area (Å²) < 4.78 is 1.90. The lowest BCUT2D eigenvalue weighted by atomic mass is 10.1. The number of thiocarbonyl (C=S) groups is 1. The number of rotatable bonds is 4. The molecule has 1 aromatic heterocycles. The number of benzene rings is 2. The lowest BCUT2D eigenvalue weighted by molar-refractivity contribution is -0.132. The van der Waals surface area contributed by atoms with Crippen LogP contribution in [0.5, 0.6) is 0 Å². The standard InChI is InChI=1S/C27H26N4O3S/c1-18-8-7-9-20(14-18)31-26(34)22(25(33)28-27(31)35)15-19-16-30(23-11-4-3-10-21(19)23)17-24(32)29-12-5-2-6-13-29/h3-4,7-11,14-16H,2,5-6,12-13,17H2,1H3,(H,28,33,35). The number of fused-ring (bicyclic) bond motifs is 1. The van der Waals surface area contributed by atoms with Crippen molar-refractivity contribution in [3.63, 3.8) is 0 Å². The highest BCUT2D eigenvalue weighted by Gasteiger charge is 2.34. The van der Waals surface area contributed by atoms with Crippen molar-refractivity contribution in [2.75, 3.05) is 18.0 Å². The average molecular weight is 487 g/mol. The van der Waals surface area contributed by atoms with E-state index in [9.17, 15) is 14.4 Å². The Kier molecular flexibility index (Phi) is 6.21. The number of aryl methyl sites for hydroxylation is 1. The van der Waals surface area contributed by atoms with E-state index in [-0.39, 0.29) is 23.1 Å². The third-order valence-electron chi connectivity index (χ3n) is 6.50. The van der Waals surface area contributed by atoms with Gasteiger partial charge in [-0.1, -0.05) is 30.3 Å². The Balaban J connectivity index is 1.51. The van der Waals surface area contributed by atoms with Gasteiger partial charge in [-0.3, -0.25) is 24.6 Å². The number of piperidine rings is 1. The van der Waals surface area contributed by atoms with Crippen molar-refractivity contribution >= 4 is 57.7 Å². The van der Waals surface area contributed by atoms with Crippen LogP contribution in [0.3, 0.4) is 0 Å². The van der Waals surface area contributed by atoms with Gasteiger partial charge in [0.15, 0.2) is 5.11 Å². The van der Waals surface area contributed by atoms with Crippen LogP contribution in [-0.4, -0.2) is 45.4 Å². The van der Waals surface area contributed by atoms with Crippen molar-refractivity contribution in [2.24, 2.45) is 0 Å². The number of likely N-dealkylation sites (tertiary alicyclic amines) is 1. The molecular formula is C27H26N4O3S. The van der Waals surface area contributed by atoms with Crippen molar-refractivity contribution in [2.45, 2.75) is 32.7 Å². The first-order valence-corrected chi connectivity index (χ1v) is 12.2. The van der Waals surface area contributed by atoms with Crippen molar-refractivity contribution in [3.8, 4) is 0 Å². The SMILES string of the molecule is Cc1cccc(N2C(=O)C(=Cc3cn(CC(=O)N4CCCCC4)c4ccccc34)C(=O)NC2=S)c1. The quantitative estimate of drug-likeness (QED) is 0.346. The van der Waals surface area contributed by atoms with Gasteiger partial charge in [0.2, 0.25) is 5.91 Å². The highest BCUT2D eigenvalue weighted by Crippen LogP contribution is 2.27. The predicted molar refractivity (Wildman–Crippen MR) is 140 cm³/mol. The summed E-state index contributed by atoms with van der Waals surface area (Å²) in [5.74, 6) is -0.942. The Morgan fingerprint density at radius 2 is 1.83 bits per heavy atom. The van der Waals surface area contributed by atoms with Crippen molar-refractivity contribution in [1.82, 2.24) is 14.8 Å². The zero-order valence-corrected chi connectivity index (χ0v) is 20.3. The Labute approximate surface area is 209 Å².